The molecule has 0 atom stereocenters. The minimum Gasteiger partial charge on any atom is -0.379 e. The molecule has 1 fully saturated rings. The summed E-state index contributed by atoms with van der Waals surface area (Å²) in [6, 6.07) is 1.71. The molecule has 2 N–H and O–H groups in total. The zero-order valence-corrected chi connectivity index (χ0v) is 17.1. The quantitative estimate of drug-likeness (QED) is 0.479. The van der Waals surface area contributed by atoms with Crippen LogP contribution in [0.5, 0.6) is 0 Å². The largest absolute Gasteiger partial charge is 0.379 e. The Morgan fingerprint density at radius 2 is 2.29 bits per heavy atom. The molecule has 1 amide bonds. The van der Waals surface area contributed by atoms with Gasteiger partial charge >= 0.3 is 0 Å². The molecule has 5 heterocycles. The molecular weight excluding hydrogens is 448 g/mol. The monoisotopic (exact) mass is 462 g/mol. The molecule has 0 bridgehead atoms. The number of halogens is 1. The third-order valence-corrected chi connectivity index (χ3v) is 6.35. The number of hydrogen-bond donors (Lipinski definition) is 2. The zero-order valence-electron chi connectivity index (χ0n) is 14.7. The van der Waals surface area contributed by atoms with E-state index in [0.29, 0.717) is 34.2 Å². The number of amides is 1. The first-order chi connectivity index (χ1) is 13.5. The molecule has 1 saturated heterocycles. The first-order valence-corrected chi connectivity index (χ1v) is 10.2. The van der Waals surface area contributed by atoms with Crippen LogP contribution in [0.25, 0.3) is 26.8 Å². The molecule has 4 aromatic rings. The number of carbonyl (C=O) groups is 1. The van der Waals surface area contributed by atoms with Crippen molar-refractivity contribution in [2.75, 3.05) is 32.1 Å². The summed E-state index contributed by atoms with van der Waals surface area (Å²) in [4.78, 5) is 34.9. The lowest BCUT2D eigenvalue weighted by molar-refractivity contribution is -0.120. The predicted molar refractivity (Wildman–Crippen MR) is 110 cm³/mol. The zero-order chi connectivity index (χ0) is 19.4. The molecule has 0 spiro atoms. The summed E-state index contributed by atoms with van der Waals surface area (Å²) in [6.45, 7) is 1.79. The van der Waals surface area contributed by atoms with Gasteiger partial charge in [0.2, 0.25) is 5.91 Å². The molecule has 0 radical (unpaired) electrons. The fourth-order valence-electron chi connectivity index (χ4n) is 3.40. The van der Waals surface area contributed by atoms with E-state index >= 15 is 0 Å². The third-order valence-electron chi connectivity index (χ3n) is 4.78. The van der Waals surface area contributed by atoms with E-state index in [0.717, 1.165) is 21.7 Å². The van der Waals surface area contributed by atoms with Gasteiger partial charge in [0.15, 0.2) is 0 Å². The molecule has 1 aliphatic rings. The number of likely N-dealkylation sites (tertiary alicyclic amines) is 1. The van der Waals surface area contributed by atoms with Gasteiger partial charge in [-0.15, -0.1) is 11.3 Å². The molecule has 4 aromatic heterocycles. The van der Waals surface area contributed by atoms with Crippen LogP contribution in [-0.2, 0) is 9.53 Å². The van der Waals surface area contributed by atoms with Gasteiger partial charge in [-0.25, -0.2) is 4.52 Å². The number of thiazole rings is 1. The van der Waals surface area contributed by atoms with Crippen LogP contribution in [0.2, 0.25) is 0 Å². The molecule has 28 heavy (non-hydrogen) atoms. The van der Waals surface area contributed by atoms with Gasteiger partial charge in [0.25, 0.3) is 5.56 Å². The number of aromatic nitrogens is 4. The highest BCUT2D eigenvalue weighted by Gasteiger charge is 2.27. The number of anilines is 1. The summed E-state index contributed by atoms with van der Waals surface area (Å²) >= 11 is 4.85. The Balaban J connectivity index is 1.45. The first-order valence-electron chi connectivity index (χ1n) is 8.56. The van der Waals surface area contributed by atoms with Gasteiger partial charge in [0.1, 0.15) is 21.3 Å². The Hall–Kier alpha value is -2.34. The third kappa shape index (κ3) is 2.91. The van der Waals surface area contributed by atoms with Crippen LogP contribution >= 0.6 is 27.3 Å². The smallest absolute Gasteiger partial charge is 0.261 e. The number of nitrogens with zero attached hydrogens (tertiary/aromatic N) is 4. The summed E-state index contributed by atoms with van der Waals surface area (Å²) in [7, 11) is 1.67. The minimum absolute atomic E-state index is 0.133. The average Bonchev–Trinajstić information content (AvgIpc) is 3.13. The fourth-order valence-corrected chi connectivity index (χ4v) is 4.87. The second-order valence-electron chi connectivity index (χ2n) is 6.68. The molecule has 0 saturated carbocycles. The van der Waals surface area contributed by atoms with Crippen molar-refractivity contribution in [3.8, 4) is 0 Å². The Morgan fingerprint density at radius 3 is 3.07 bits per heavy atom. The van der Waals surface area contributed by atoms with Crippen molar-refractivity contribution in [1.29, 1.82) is 0 Å². The minimum atomic E-state index is -0.233. The van der Waals surface area contributed by atoms with Gasteiger partial charge in [-0.05, 0) is 22.0 Å². The number of carbonyl (C=O) groups excluding carboxylic acids is 1. The molecule has 9 nitrogen and oxygen atoms in total. The second kappa shape index (κ2) is 6.62. The lowest BCUT2D eigenvalue weighted by Crippen LogP contribution is -2.53. The predicted octanol–water partition coefficient (Wildman–Crippen LogP) is 1.82. The van der Waals surface area contributed by atoms with E-state index in [9.17, 15) is 9.59 Å². The normalized spacial score (nSPS) is 15.5. The van der Waals surface area contributed by atoms with E-state index in [2.05, 4.69) is 36.3 Å². The van der Waals surface area contributed by atoms with Crippen LogP contribution in [-0.4, -0.2) is 63.2 Å². The number of rotatable bonds is 4. The number of pyridine rings is 2. The van der Waals surface area contributed by atoms with E-state index in [-0.39, 0.29) is 17.6 Å². The SMILES string of the molecule is COC1CN(CC(=O)Nc2cnc3c(c2)[nH]c(=O)c2c3nn3cc(Br)sc23)C1. The highest BCUT2D eigenvalue weighted by atomic mass is 79.9. The number of ether oxygens (including phenoxy) is 1. The first kappa shape index (κ1) is 17.7. The summed E-state index contributed by atoms with van der Waals surface area (Å²) in [5.74, 6) is -0.133. The summed E-state index contributed by atoms with van der Waals surface area (Å²) in [5, 5.41) is 7.84. The fraction of sp³-hybridized carbons (Fsp3) is 0.294. The lowest BCUT2D eigenvalue weighted by Gasteiger charge is -2.37. The maximum atomic E-state index is 12.6. The van der Waals surface area contributed by atoms with Crippen LogP contribution in [0.3, 0.4) is 0 Å². The van der Waals surface area contributed by atoms with Crippen LogP contribution in [0.15, 0.2) is 27.0 Å². The molecule has 144 valence electrons. The Labute approximate surface area is 170 Å². The number of H-pyrrole nitrogens is 1. The van der Waals surface area contributed by atoms with Crippen LogP contribution < -0.4 is 10.9 Å². The van der Waals surface area contributed by atoms with Gasteiger partial charge in [-0.2, -0.15) is 5.10 Å². The Morgan fingerprint density at radius 1 is 1.46 bits per heavy atom. The van der Waals surface area contributed by atoms with E-state index < -0.39 is 0 Å². The maximum absolute atomic E-state index is 12.6. The van der Waals surface area contributed by atoms with Crippen LogP contribution in [0.4, 0.5) is 5.69 Å². The Kier molecular flexibility index (Phi) is 4.19. The summed E-state index contributed by atoms with van der Waals surface area (Å²) in [5.41, 5.74) is 1.96. The van der Waals surface area contributed by atoms with Gasteiger partial charge in [-0.3, -0.25) is 19.5 Å². The Bertz CT molecular complexity index is 1290. The van der Waals surface area contributed by atoms with E-state index in [1.54, 1.807) is 23.9 Å². The summed E-state index contributed by atoms with van der Waals surface area (Å²) < 4.78 is 7.77. The maximum Gasteiger partial charge on any atom is 0.261 e. The van der Waals surface area contributed by atoms with Crippen molar-refractivity contribution >= 4 is 65.6 Å². The van der Waals surface area contributed by atoms with Crippen molar-refractivity contribution < 1.29 is 9.53 Å². The number of nitrogens with one attached hydrogen (secondary N) is 2. The number of methoxy groups -OCH3 is 1. The van der Waals surface area contributed by atoms with Gasteiger partial charge in [0.05, 0.1) is 40.0 Å². The molecule has 0 aromatic carbocycles. The standard InChI is InChI=1S/C17H15BrN6O3S/c1-27-9-4-23(5-9)7-12(25)20-8-2-10-14(19-3-8)15-13(16(26)21-10)17-24(22-15)6-11(18)28-17/h2-3,6,9H,4-5,7H2,1H3,(H,20,25)(H,21,26). The molecule has 1 aliphatic heterocycles. The van der Waals surface area contributed by atoms with E-state index in [4.69, 9.17) is 4.74 Å². The van der Waals surface area contributed by atoms with Crippen LogP contribution in [0.1, 0.15) is 0 Å². The summed E-state index contributed by atoms with van der Waals surface area (Å²) in [6.07, 6.45) is 3.59. The van der Waals surface area contributed by atoms with Crippen molar-refractivity contribution in [2.45, 2.75) is 6.10 Å². The molecular formula is C17H15BrN6O3S. The van der Waals surface area contributed by atoms with E-state index in [1.165, 1.54) is 11.3 Å². The average molecular weight is 463 g/mol. The highest BCUT2D eigenvalue weighted by molar-refractivity contribution is 9.11. The highest BCUT2D eigenvalue weighted by Crippen LogP contribution is 2.30. The topological polar surface area (TPSA) is 105 Å². The van der Waals surface area contributed by atoms with Gasteiger partial charge in [-0.1, -0.05) is 0 Å². The van der Waals surface area contributed by atoms with Crippen molar-refractivity contribution in [3.63, 3.8) is 0 Å². The van der Waals surface area contributed by atoms with Crippen molar-refractivity contribution in [2.24, 2.45) is 0 Å². The number of hydrogen-bond acceptors (Lipinski definition) is 7. The lowest BCUT2D eigenvalue weighted by atomic mass is 10.1. The van der Waals surface area contributed by atoms with Gasteiger partial charge in [0, 0.05) is 20.2 Å². The number of fused-ring (bicyclic) bond motifs is 5. The second-order valence-corrected chi connectivity index (χ2v) is 9.09. The number of aromatic amines is 1. The molecule has 11 heteroatoms. The molecule has 0 aliphatic carbocycles. The van der Waals surface area contributed by atoms with E-state index in [1.807, 2.05) is 11.1 Å². The van der Waals surface area contributed by atoms with Crippen molar-refractivity contribution in [1.82, 2.24) is 24.5 Å². The van der Waals surface area contributed by atoms with Gasteiger partial charge < -0.3 is 15.0 Å². The molecule has 5 rings (SSSR count). The van der Waals surface area contributed by atoms with Crippen molar-refractivity contribution in [3.05, 3.63) is 32.6 Å². The molecule has 0 unspecified atom stereocenters. The van der Waals surface area contributed by atoms with Crippen LogP contribution in [0, 0.1) is 0 Å².